The molecule has 22 heteroatoms. The Bertz CT molecular complexity index is 2100. The molecule has 4 aromatic rings. The van der Waals surface area contributed by atoms with Crippen molar-refractivity contribution in [3.8, 4) is 0 Å². The Morgan fingerprint density at radius 2 is 1.16 bits per heavy atom. The maximum atomic E-state index is 13.0. The lowest BCUT2D eigenvalue weighted by Crippen LogP contribution is -2.28. The van der Waals surface area contributed by atoms with Crippen LogP contribution in [0, 0.1) is 0 Å². The van der Waals surface area contributed by atoms with Gasteiger partial charge in [0.2, 0.25) is 35.7 Å². The van der Waals surface area contributed by atoms with Crippen molar-refractivity contribution >= 4 is 79.5 Å². The summed E-state index contributed by atoms with van der Waals surface area (Å²) in [6.07, 6.45) is 2.63. The second-order valence-corrected chi connectivity index (χ2v) is 13.5. The van der Waals surface area contributed by atoms with Crippen LogP contribution in [0.4, 0.5) is 47.1 Å². The molecule has 0 fully saturated rings. The normalized spacial score (nSPS) is 11.9. The highest BCUT2D eigenvalue weighted by Crippen LogP contribution is 2.29. The minimum Gasteiger partial charge on any atom is -0.395 e. The number of aromatic nitrogens is 6. The van der Waals surface area contributed by atoms with Crippen LogP contribution in [0.15, 0.2) is 46.2 Å². The van der Waals surface area contributed by atoms with Gasteiger partial charge in [0.15, 0.2) is 0 Å². The summed E-state index contributed by atoms with van der Waals surface area (Å²) in [5.74, 6) is 0.133. The van der Waals surface area contributed by atoms with Gasteiger partial charge in [-0.2, -0.15) is 46.7 Å². The molecule has 0 bridgehead atoms. The number of benzene rings is 2. The van der Waals surface area contributed by atoms with E-state index in [9.17, 15) is 31.6 Å². The first-order valence-corrected chi connectivity index (χ1v) is 18.1. The zero-order valence-corrected chi connectivity index (χ0v) is 29.4. The molecule has 0 amide bonds. The van der Waals surface area contributed by atoms with Gasteiger partial charge >= 0.3 is 0 Å². The SMILES string of the molecule is CCN(CCO)c1nc(N)nc(Nc2ccc(/C=C/c3ccc(Nc4nc(N)nc(N(CC)CCO)n4)cc3S(=O)(=O)OC)c(S(=O)(=O)O)c2)n1. The van der Waals surface area contributed by atoms with Crippen LogP contribution in [0.2, 0.25) is 0 Å². The molecule has 0 atom stereocenters. The fourth-order valence-corrected chi connectivity index (χ4v) is 6.25. The number of nitrogens with two attached hydrogens (primary N) is 2. The summed E-state index contributed by atoms with van der Waals surface area (Å²) in [7, 11) is -8.13. The van der Waals surface area contributed by atoms with E-state index in [0.29, 0.717) is 13.1 Å². The van der Waals surface area contributed by atoms with E-state index < -0.39 is 25.1 Å². The zero-order valence-electron chi connectivity index (χ0n) is 27.8. The van der Waals surface area contributed by atoms with Crippen LogP contribution in [-0.4, -0.2) is 108 Å². The minimum absolute atomic E-state index is 0.00775. The third kappa shape index (κ3) is 9.93. The molecule has 2 aromatic carbocycles. The van der Waals surface area contributed by atoms with Gasteiger partial charge in [-0.3, -0.25) is 8.74 Å². The van der Waals surface area contributed by atoms with E-state index in [4.69, 9.17) is 15.7 Å². The van der Waals surface area contributed by atoms with E-state index in [-0.39, 0.29) is 89.4 Å². The van der Waals surface area contributed by atoms with Crippen LogP contribution in [0.1, 0.15) is 25.0 Å². The highest BCUT2D eigenvalue weighted by molar-refractivity contribution is 7.87. The molecule has 0 aliphatic carbocycles. The number of aliphatic hydroxyl groups is 2. The lowest BCUT2D eigenvalue weighted by Gasteiger charge is -2.20. The molecule has 0 unspecified atom stereocenters. The van der Waals surface area contributed by atoms with Crippen LogP contribution >= 0.6 is 0 Å². The maximum Gasteiger partial charge on any atom is 0.297 e. The molecular weight excluding hydrogens is 709 g/mol. The van der Waals surface area contributed by atoms with Crippen molar-refractivity contribution in [2.75, 3.05) is 78.4 Å². The molecular formula is C29H38N12O8S2. The number of nitrogen functional groups attached to an aromatic ring is 2. The number of nitrogens with zero attached hydrogens (tertiary/aromatic N) is 8. The van der Waals surface area contributed by atoms with Gasteiger partial charge in [0.25, 0.3) is 20.2 Å². The van der Waals surface area contributed by atoms with Crippen LogP contribution < -0.4 is 31.9 Å². The Labute approximate surface area is 294 Å². The Hall–Kier alpha value is -5.26. The van der Waals surface area contributed by atoms with Crippen LogP contribution in [0.25, 0.3) is 12.2 Å². The monoisotopic (exact) mass is 746 g/mol. The number of nitrogens with one attached hydrogen (secondary N) is 2. The first-order valence-electron chi connectivity index (χ1n) is 15.2. The topological polar surface area (TPSA) is 298 Å². The number of likely N-dealkylation sites (N-methyl/N-ethyl adjacent to an activating group) is 2. The van der Waals surface area contributed by atoms with E-state index in [1.165, 1.54) is 42.5 Å². The first-order chi connectivity index (χ1) is 24.2. The summed E-state index contributed by atoms with van der Waals surface area (Å²) >= 11 is 0. The fraction of sp³-hybridized carbons (Fsp3) is 0.310. The molecule has 2 heterocycles. The molecule has 20 nitrogen and oxygen atoms in total. The zero-order chi connectivity index (χ0) is 37.3. The molecule has 0 saturated carbocycles. The molecule has 0 saturated heterocycles. The summed E-state index contributed by atoms with van der Waals surface area (Å²) in [4.78, 5) is 27.4. The van der Waals surface area contributed by atoms with Gasteiger partial charge in [0.1, 0.15) is 9.79 Å². The minimum atomic E-state index is -4.80. The number of hydrogen-bond donors (Lipinski definition) is 7. The summed E-state index contributed by atoms with van der Waals surface area (Å²) in [6, 6.07) is 8.20. The highest BCUT2D eigenvalue weighted by atomic mass is 32.2. The Kier molecular flexibility index (Phi) is 12.6. The van der Waals surface area contributed by atoms with Gasteiger partial charge in [0, 0.05) is 37.6 Å². The van der Waals surface area contributed by atoms with Crippen molar-refractivity contribution in [3.63, 3.8) is 0 Å². The summed E-state index contributed by atoms with van der Waals surface area (Å²) in [5.41, 5.74) is 12.2. The summed E-state index contributed by atoms with van der Waals surface area (Å²) in [6.45, 7) is 4.78. The summed E-state index contributed by atoms with van der Waals surface area (Å²) in [5, 5.41) is 24.4. The quantitative estimate of drug-likeness (QED) is 0.0452. The Morgan fingerprint density at radius 3 is 1.55 bits per heavy atom. The fourth-order valence-electron chi connectivity index (χ4n) is 4.66. The third-order valence-corrected chi connectivity index (χ3v) is 9.34. The predicted octanol–water partition coefficient (Wildman–Crippen LogP) is 1.10. The third-order valence-electron chi connectivity index (χ3n) is 7.10. The van der Waals surface area contributed by atoms with Crippen molar-refractivity contribution in [2.45, 2.75) is 23.6 Å². The van der Waals surface area contributed by atoms with E-state index in [2.05, 4.69) is 40.5 Å². The van der Waals surface area contributed by atoms with Crippen molar-refractivity contribution in [3.05, 3.63) is 47.5 Å². The van der Waals surface area contributed by atoms with Crippen LogP contribution in [0.5, 0.6) is 0 Å². The lowest BCUT2D eigenvalue weighted by atomic mass is 10.1. The molecule has 0 radical (unpaired) electrons. The molecule has 51 heavy (non-hydrogen) atoms. The highest BCUT2D eigenvalue weighted by Gasteiger charge is 2.21. The number of rotatable bonds is 17. The van der Waals surface area contributed by atoms with Gasteiger partial charge in [0.05, 0.1) is 20.3 Å². The van der Waals surface area contributed by atoms with Gasteiger partial charge in [-0.05, 0) is 49.2 Å². The first kappa shape index (κ1) is 38.5. The predicted molar refractivity (Wildman–Crippen MR) is 191 cm³/mol. The Morgan fingerprint density at radius 1 is 0.725 bits per heavy atom. The van der Waals surface area contributed by atoms with Gasteiger partial charge in [-0.1, -0.05) is 24.3 Å². The van der Waals surface area contributed by atoms with E-state index in [1.54, 1.807) is 9.80 Å². The van der Waals surface area contributed by atoms with Gasteiger partial charge in [-0.15, -0.1) is 0 Å². The second-order valence-electron chi connectivity index (χ2n) is 10.4. The average Bonchev–Trinajstić information content (AvgIpc) is 3.08. The van der Waals surface area contributed by atoms with Crippen molar-refractivity contribution < 1.29 is 35.8 Å². The summed E-state index contributed by atoms with van der Waals surface area (Å²) < 4.78 is 65.7. The number of hydrogen-bond acceptors (Lipinski definition) is 19. The largest absolute Gasteiger partial charge is 0.395 e. The molecule has 0 aliphatic heterocycles. The molecule has 0 aliphatic rings. The molecule has 0 spiro atoms. The number of aliphatic hydroxyl groups excluding tert-OH is 2. The standard InChI is InChI=1S/C29H38N12O8S2/c1-4-40(12-14-42)28-36-24(30)34-26(38-28)32-20-10-8-18(22(16-20)50(44,45)46)6-7-19-9-11-21(17-23(19)51(47,48)49-3)33-27-35-25(31)37-29(39-27)41(5-2)13-15-43/h6-11,16-17,42-43H,4-5,12-15H2,1-3H3,(H,44,45,46)(H3,30,32,34,36,38)(H3,31,33,35,37,39)/b7-6+. The van der Waals surface area contributed by atoms with Crippen molar-refractivity contribution in [1.29, 1.82) is 0 Å². The van der Waals surface area contributed by atoms with Gasteiger partial charge < -0.3 is 42.1 Å². The second kappa shape index (κ2) is 16.6. The van der Waals surface area contributed by atoms with Crippen LogP contribution in [0.3, 0.4) is 0 Å². The lowest BCUT2D eigenvalue weighted by molar-refractivity contribution is 0.301. The van der Waals surface area contributed by atoms with E-state index in [1.807, 2.05) is 13.8 Å². The van der Waals surface area contributed by atoms with Gasteiger partial charge in [-0.25, -0.2) is 0 Å². The number of anilines is 8. The smallest absolute Gasteiger partial charge is 0.297 e. The molecule has 2 aromatic heterocycles. The molecule has 4 rings (SSSR count). The van der Waals surface area contributed by atoms with Crippen LogP contribution in [-0.2, 0) is 24.4 Å². The van der Waals surface area contributed by atoms with E-state index >= 15 is 0 Å². The molecule has 9 N–H and O–H groups in total. The van der Waals surface area contributed by atoms with E-state index in [0.717, 1.165) is 13.2 Å². The maximum absolute atomic E-state index is 13.0. The average molecular weight is 747 g/mol. The van der Waals surface area contributed by atoms with Crippen molar-refractivity contribution in [2.24, 2.45) is 0 Å². The Balaban J connectivity index is 1.68. The van der Waals surface area contributed by atoms with Crippen molar-refractivity contribution in [1.82, 2.24) is 29.9 Å². The molecule has 274 valence electrons.